The van der Waals surface area contributed by atoms with E-state index in [4.69, 9.17) is 10.5 Å². The smallest absolute Gasteiger partial charge is 0.145 e. The van der Waals surface area contributed by atoms with Crippen molar-refractivity contribution in [3.05, 3.63) is 30.5 Å². The van der Waals surface area contributed by atoms with Gasteiger partial charge in [-0.05, 0) is 6.92 Å². The lowest BCUT2D eigenvalue weighted by Gasteiger charge is -2.07. The molecule has 72 valence electrons. The van der Waals surface area contributed by atoms with Crippen LogP contribution in [0.4, 0.5) is 5.82 Å². The number of pyridine rings is 1. The van der Waals surface area contributed by atoms with E-state index in [0.717, 1.165) is 16.5 Å². The first-order chi connectivity index (χ1) is 6.83. The van der Waals surface area contributed by atoms with Crippen molar-refractivity contribution in [2.24, 2.45) is 0 Å². The fourth-order valence-corrected chi connectivity index (χ4v) is 1.46. The molecule has 0 atom stereocenters. The molecule has 0 saturated heterocycles. The maximum absolute atomic E-state index is 5.75. The molecule has 0 aliphatic carbocycles. The third-order valence-electron chi connectivity index (χ3n) is 2.09. The van der Waals surface area contributed by atoms with E-state index in [1.807, 2.05) is 31.2 Å². The minimum absolute atomic E-state index is 0.545. The number of ether oxygens (including phenoxy) is 1. The van der Waals surface area contributed by atoms with Gasteiger partial charge in [0.05, 0.1) is 12.8 Å². The summed E-state index contributed by atoms with van der Waals surface area (Å²) in [5.41, 5.74) is 5.75. The fraction of sp³-hybridized carbons (Fsp3) is 0.182. The normalized spacial score (nSPS) is 10.4. The van der Waals surface area contributed by atoms with Crippen molar-refractivity contribution >= 4 is 16.6 Å². The largest absolute Gasteiger partial charge is 0.492 e. The van der Waals surface area contributed by atoms with Crippen molar-refractivity contribution in [1.82, 2.24) is 4.98 Å². The predicted octanol–water partition coefficient (Wildman–Crippen LogP) is 2.22. The first-order valence-electron chi connectivity index (χ1n) is 4.59. The van der Waals surface area contributed by atoms with Crippen molar-refractivity contribution in [3.63, 3.8) is 0 Å². The molecule has 3 nitrogen and oxygen atoms in total. The Balaban J connectivity index is 2.68. The second-order valence-electron chi connectivity index (χ2n) is 2.99. The minimum atomic E-state index is 0.545. The van der Waals surface area contributed by atoms with E-state index < -0.39 is 0 Å². The van der Waals surface area contributed by atoms with Crippen LogP contribution < -0.4 is 10.5 Å². The summed E-state index contributed by atoms with van der Waals surface area (Å²) in [5, 5.41) is 1.96. The quantitative estimate of drug-likeness (QED) is 0.786. The van der Waals surface area contributed by atoms with Gasteiger partial charge in [-0.1, -0.05) is 24.3 Å². The zero-order valence-corrected chi connectivity index (χ0v) is 8.03. The average Bonchev–Trinajstić information content (AvgIpc) is 2.23. The number of hydrogen-bond donors (Lipinski definition) is 1. The molecule has 1 heterocycles. The van der Waals surface area contributed by atoms with E-state index >= 15 is 0 Å². The Morgan fingerprint density at radius 2 is 2.00 bits per heavy atom. The number of nitrogens with two attached hydrogens (primary N) is 1. The van der Waals surface area contributed by atoms with Gasteiger partial charge in [0.2, 0.25) is 0 Å². The van der Waals surface area contributed by atoms with Gasteiger partial charge < -0.3 is 10.5 Å². The van der Waals surface area contributed by atoms with Crippen molar-refractivity contribution < 1.29 is 4.74 Å². The number of fused-ring (bicyclic) bond motifs is 1. The molecule has 0 fully saturated rings. The van der Waals surface area contributed by atoms with Crippen LogP contribution in [0, 0.1) is 0 Å². The van der Waals surface area contributed by atoms with Gasteiger partial charge in [-0.25, -0.2) is 4.98 Å². The van der Waals surface area contributed by atoms with Crippen LogP contribution in [0.5, 0.6) is 5.75 Å². The van der Waals surface area contributed by atoms with Gasteiger partial charge in [0, 0.05) is 10.8 Å². The number of aromatic nitrogens is 1. The molecule has 14 heavy (non-hydrogen) atoms. The standard InChI is InChI=1S/C11H12N2O/c1-2-14-10-7-13-11(12)9-6-4-3-5-8(9)10/h3-7H,2H2,1H3,(H2,12,13). The molecule has 0 amide bonds. The highest BCUT2D eigenvalue weighted by atomic mass is 16.5. The Hall–Kier alpha value is -1.77. The number of hydrogen-bond acceptors (Lipinski definition) is 3. The van der Waals surface area contributed by atoms with E-state index in [2.05, 4.69) is 4.98 Å². The molecule has 0 bridgehead atoms. The van der Waals surface area contributed by atoms with Crippen LogP contribution in [0.3, 0.4) is 0 Å². The second kappa shape index (κ2) is 3.54. The Kier molecular flexibility index (Phi) is 2.23. The van der Waals surface area contributed by atoms with E-state index in [9.17, 15) is 0 Å². The molecule has 3 heteroatoms. The molecular formula is C11H12N2O. The maximum atomic E-state index is 5.75. The Bertz CT molecular complexity index is 454. The van der Waals surface area contributed by atoms with Gasteiger partial charge in [0.25, 0.3) is 0 Å². The van der Waals surface area contributed by atoms with Crippen molar-refractivity contribution in [3.8, 4) is 5.75 Å². The van der Waals surface area contributed by atoms with Crippen LogP contribution in [0.1, 0.15) is 6.92 Å². The highest BCUT2D eigenvalue weighted by Crippen LogP contribution is 2.27. The lowest BCUT2D eigenvalue weighted by molar-refractivity contribution is 0.343. The van der Waals surface area contributed by atoms with Crippen LogP contribution >= 0.6 is 0 Å². The SMILES string of the molecule is CCOc1cnc(N)c2ccccc12. The molecule has 2 N–H and O–H groups in total. The molecule has 0 aliphatic heterocycles. The van der Waals surface area contributed by atoms with E-state index in [0.29, 0.717) is 12.4 Å². The minimum Gasteiger partial charge on any atom is -0.492 e. The molecule has 0 aliphatic rings. The van der Waals surface area contributed by atoms with Crippen molar-refractivity contribution in [2.45, 2.75) is 6.92 Å². The van der Waals surface area contributed by atoms with Gasteiger partial charge in [-0.15, -0.1) is 0 Å². The average molecular weight is 188 g/mol. The Morgan fingerprint density at radius 1 is 1.29 bits per heavy atom. The summed E-state index contributed by atoms with van der Waals surface area (Å²) in [7, 11) is 0. The van der Waals surface area contributed by atoms with Gasteiger partial charge in [-0.2, -0.15) is 0 Å². The number of nitrogen functional groups attached to an aromatic ring is 1. The van der Waals surface area contributed by atoms with Crippen LogP contribution in [-0.2, 0) is 0 Å². The monoisotopic (exact) mass is 188 g/mol. The van der Waals surface area contributed by atoms with Crippen LogP contribution in [0.25, 0.3) is 10.8 Å². The molecule has 0 unspecified atom stereocenters. The number of benzene rings is 1. The zero-order valence-electron chi connectivity index (χ0n) is 8.03. The Morgan fingerprint density at radius 3 is 2.71 bits per heavy atom. The summed E-state index contributed by atoms with van der Waals surface area (Å²) in [5.74, 6) is 1.33. The first kappa shape index (κ1) is 8.81. The lowest BCUT2D eigenvalue weighted by atomic mass is 10.1. The molecule has 2 rings (SSSR count). The van der Waals surface area contributed by atoms with E-state index in [-0.39, 0.29) is 0 Å². The lowest BCUT2D eigenvalue weighted by Crippen LogP contribution is -1.96. The summed E-state index contributed by atoms with van der Waals surface area (Å²) in [6.07, 6.45) is 1.67. The van der Waals surface area contributed by atoms with Gasteiger partial charge in [0.1, 0.15) is 11.6 Å². The van der Waals surface area contributed by atoms with Gasteiger partial charge in [-0.3, -0.25) is 0 Å². The molecule has 2 aromatic rings. The fourth-order valence-electron chi connectivity index (χ4n) is 1.46. The third kappa shape index (κ3) is 1.37. The van der Waals surface area contributed by atoms with E-state index in [1.54, 1.807) is 6.20 Å². The first-order valence-corrected chi connectivity index (χ1v) is 4.59. The molecule has 0 spiro atoms. The molecule has 1 aromatic heterocycles. The summed E-state index contributed by atoms with van der Waals surface area (Å²) < 4.78 is 5.46. The van der Waals surface area contributed by atoms with Crippen LogP contribution in [0.15, 0.2) is 30.5 Å². The summed E-state index contributed by atoms with van der Waals surface area (Å²) in [6, 6.07) is 7.83. The van der Waals surface area contributed by atoms with Crippen molar-refractivity contribution in [2.75, 3.05) is 12.3 Å². The Labute approximate surface area is 82.5 Å². The third-order valence-corrected chi connectivity index (χ3v) is 2.09. The maximum Gasteiger partial charge on any atom is 0.145 e. The summed E-state index contributed by atoms with van der Waals surface area (Å²) >= 11 is 0. The summed E-state index contributed by atoms with van der Waals surface area (Å²) in [6.45, 7) is 2.58. The van der Waals surface area contributed by atoms with E-state index in [1.165, 1.54) is 0 Å². The highest BCUT2D eigenvalue weighted by Gasteiger charge is 2.04. The molecule has 0 saturated carbocycles. The molecular weight excluding hydrogens is 176 g/mol. The highest BCUT2D eigenvalue weighted by molar-refractivity contribution is 5.94. The summed E-state index contributed by atoms with van der Waals surface area (Å²) in [4.78, 5) is 4.08. The number of anilines is 1. The zero-order chi connectivity index (χ0) is 9.97. The number of rotatable bonds is 2. The predicted molar refractivity (Wildman–Crippen MR) is 57.3 cm³/mol. The molecule has 1 aromatic carbocycles. The number of nitrogens with zero attached hydrogens (tertiary/aromatic N) is 1. The second-order valence-corrected chi connectivity index (χ2v) is 2.99. The van der Waals surface area contributed by atoms with Gasteiger partial charge in [0.15, 0.2) is 0 Å². The van der Waals surface area contributed by atoms with Crippen LogP contribution in [0.2, 0.25) is 0 Å². The van der Waals surface area contributed by atoms with Crippen molar-refractivity contribution in [1.29, 1.82) is 0 Å². The van der Waals surface area contributed by atoms with Gasteiger partial charge >= 0.3 is 0 Å². The van der Waals surface area contributed by atoms with Crippen LogP contribution in [-0.4, -0.2) is 11.6 Å². The topological polar surface area (TPSA) is 48.1 Å². The molecule has 0 radical (unpaired) electrons.